The van der Waals surface area contributed by atoms with Crippen LogP contribution in [0.5, 0.6) is 5.88 Å². The second-order valence-corrected chi connectivity index (χ2v) is 3.59. The van der Waals surface area contributed by atoms with E-state index < -0.39 is 11.4 Å². The van der Waals surface area contributed by atoms with E-state index >= 15 is 0 Å². The van der Waals surface area contributed by atoms with Crippen LogP contribution in [0.2, 0.25) is 0 Å². The standard InChI is InChI=1S/C10H12FNO2/c1-14-9-5-7(8(11)6-12-9)10(13)3-2-4-10/h5-6,13H,2-4H2,1H3. The molecule has 0 spiro atoms. The summed E-state index contributed by atoms with van der Waals surface area (Å²) in [5, 5.41) is 9.96. The summed E-state index contributed by atoms with van der Waals surface area (Å²) >= 11 is 0. The molecule has 0 atom stereocenters. The highest BCUT2D eigenvalue weighted by Crippen LogP contribution is 2.42. The highest BCUT2D eigenvalue weighted by atomic mass is 19.1. The third-order valence-electron chi connectivity index (χ3n) is 2.72. The van der Waals surface area contributed by atoms with Crippen molar-refractivity contribution in [2.75, 3.05) is 7.11 Å². The third-order valence-corrected chi connectivity index (χ3v) is 2.72. The fourth-order valence-corrected chi connectivity index (χ4v) is 1.67. The summed E-state index contributed by atoms with van der Waals surface area (Å²) in [6, 6.07) is 1.47. The molecule has 14 heavy (non-hydrogen) atoms. The summed E-state index contributed by atoms with van der Waals surface area (Å²) in [4.78, 5) is 3.72. The van der Waals surface area contributed by atoms with Crippen molar-refractivity contribution < 1.29 is 14.2 Å². The van der Waals surface area contributed by atoms with Gasteiger partial charge in [-0.2, -0.15) is 0 Å². The minimum Gasteiger partial charge on any atom is -0.481 e. The molecule has 0 unspecified atom stereocenters. The zero-order valence-corrected chi connectivity index (χ0v) is 7.96. The number of rotatable bonds is 2. The summed E-state index contributed by atoms with van der Waals surface area (Å²) in [5.41, 5.74) is -0.698. The first kappa shape index (κ1) is 9.40. The molecule has 1 aliphatic rings. The predicted octanol–water partition coefficient (Wildman–Crippen LogP) is 1.60. The number of aromatic nitrogens is 1. The molecule has 0 aromatic carbocycles. The maximum Gasteiger partial charge on any atom is 0.213 e. The molecule has 1 fully saturated rings. The summed E-state index contributed by atoms with van der Waals surface area (Å²) in [6.45, 7) is 0. The van der Waals surface area contributed by atoms with E-state index in [-0.39, 0.29) is 0 Å². The summed E-state index contributed by atoms with van der Waals surface area (Å²) in [6.07, 6.45) is 3.24. The second-order valence-electron chi connectivity index (χ2n) is 3.59. The van der Waals surface area contributed by atoms with Gasteiger partial charge in [0.15, 0.2) is 0 Å². The Hall–Kier alpha value is -1.16. The number of hydrogen-bond acceptors (Lipinski definition) is 3. The molecule has 1 aromatic rings. The van der Waals surface area contributed by atoms with Crippen molar-refractivity contribution >= 4 is 0 Å². The minimum atomic E-state index is -1.000. The molecule has 1 N–H and O–H groups in total. The summed E-state index contributed by atoms with van der Waals surface area (Å²) in [5.74, 6) is -0.130. The quantitative estimate of drug-likeness (QED) is 0.783. The third kappa shape index (κ3) is 1.35. The van der Waals surface area contributed by atoms with E-state index in [1.807, 2.05) is 0 Å². The topological polar surface area (TPSA) is 42.4 Å². The fourth-order valence-electron chi connectivity index (χ4n) is 1.67. The molecule has 0 aliphatic heterocycles. The average Bonchev–Trinajstić information content (AvgIpc) is 2.15. The van der Waals surface area contributed by atoms with Gasteiger partial charge in [0.05, 0.1) is 18.9 Å². The number of aliphatic hydroxyl groups is 1. The Labute approximate surface area is 81.5 Å². The molecule has 1 aliphatic carbocycles. The van der Waals surface area contributed by atoms with Gasteiger partial charge in [-0.15, -0.1) is 0 Å². The molecular weight excluding hydrogens is 185 g/mol. The Morgan fingerprint density at radius 1 is 1.57 bits per heavy atom. The van der Waals surface area contributed by atoms with E-state index in [1.54, 1.807) is 0 Å². The lowest BCUT2D eigenvalue weighted by molar-refractivity contribution is -0.0419. The lowest BCUT2D eigenvalue weighted by Crippen LogP contribution is -2.34. The number of pyridine rings is 1. The van der Waals surface area contributed by atoms with Crippen LogP contribution in [0.15, 0.2) is 12.3 Å². The van der Waals surface area contributed by atoms with Gasteiger partial charge in [0.2, 0.25) is 5.88 Å². The van der Waals surface area contributed by atoms with Crippen molar-refractivity contribution in [3.63, 3.8) is 0 Å². The summed E-state index contributed by atoms with van der Waals surface area (Å²) in [7, 11) is 1.47. The Kier molecular flexibility index (Phi) is 2.15. The smallest absolute Gasteiger partial charge is 0.213 e. The normalized spacial score (nSPS) is 18.8. The van der Waals surface area contributed by atoms with E-state index in [0.29, 0.717) is 24.3 Å². The van der Waals surface area contributed by atoms with E-state index in [4.69, 9.17) is 4.74 Å². The van der Waals surface area contributed by atoms with Gasteiger partial charge >= 0.3 is 0 Å². The van der Waals surface area contributed by atoms with Crippen molar-refractivity contribution in [3.8, 4) is 5.88 Å². The molecule has 2 rings (SSSR count). The Balaban J connectivity index is 2.40. The van der Waals surface area contributed by atoms with Crippen LogP contribution < -0.4 is 4.74 Å². The van der Waals surface area contributed by atoms with Crippen LogP contribution in [-0.2, 0) is 5.60 Å². The van der Waals surface area contributed by atoms with Gasteiger partial charge in [-0.05, 0) is 19.3 Å². The number of methoxy groups -OCH3 is 1. The molecule has 1 aromatic heterocycles. The van der Waals surface area contributed by atoms with Gasteiger partial charge in [0.1, 0.15) is 5.82 Å². The van der Waals surface area contributed by atoms with Crippen LogP contribution in [0.1, 0.15) is 24.8 Å². The maximum atomic E-state index is 13.3. The fraction of sp³-hybridized carbons (Fsp3) is 0.500. The molecule has 3 nitrogen and oxygen atoms in total. The van der Waals surface area contributed by atoms with Crippen LogP contribution in [-0.4, -0.2) is 17.2 Å². The van der Waals surface area contributed by atoms with Gasteiger partial charge in [-0.25, -0.2) is 9.37 Å². The first-order valence-corrected chi connectivity index (χ1v) is 4.58. The van der Waals surface area contributed by atoms with Gasteiger partial charge in [0, 0.05) is 11.6 Å². The number of nitrogens with zero attached hydrogens (tertiary/aromatic N) is 1. The van der Waals surface area contributed by atoms with Crippen LogP contribution in [0.3, 0.4) is 0 Å². The average molecular weight is 197 g/mol. The van der Waals surface area contributed by atoms with Gasteiger partial charge in [0.25, 0.3) is 0 Å². The molecule has 4 heteroatoms. The predicted molar refractivity (Wildman–Crippen MR) is 48.5 cm³/mol. The second kappa shape index (κ2) is 3.20. The lowest BCUT2D eigenvalue weighted by atomic mass is 9.75. The molecular formula is C10H12FNO2. The SMILES string of the molecule is COc1cc(C2(O)CCC2)c(F)cn1. The van der Waals surface area contributed by atoms with E-state index in [9.17, 15) is 9.50 Å². The van der Waals surface area contributed by atoms with Gasteiger partial charge < -0.3 is 9.84 Å². The highest BCUT2D eigenvalue weighted by Gasteiger charge is 2.38. The number of ether oxygens (including phenoxy) is 1. The monoisotopic (exact) mass is 197 g/mol. The Morgan fingerprint density at radius 2 is 2.29 bits per heavy atom. The minimum absolute atomic E-state index is 0.301. The molecule has 76 valence electrons. The largest absolute Gasteiger partial charge is 0.481 e. The summed E-state index contributed by atoms with van der Waals surface area (Å²) < 4.78 is 18.2. The van der Waals surface area contributed by atoms with E-state index in [2.05, 4.69) is 4.98 Å². The lowest BCUT2D eigenvalue weighted by Gasteiger charge is -2.37. The van der Waals surface area contributed by atoms with Crippen LogP contribution in [0, 0.1) is 5.82 Å². The number of halogens is 1. The first-order valence-electron chi connectivity index (χ1n) is 4.58. The van der Waals surface area contributed by atoms with Gasteiger partial charge in [-0.1, -0.05) is 0 Å². The van der Waals surface area contributed by atoms with Crippen molar-refractivity contribution in [2.45, 2.75) is 24.9 Å². The molecule has 1 heterocycles. The number of hydrogen-bond donors (Lipinski definition) is 1. The van der Waals surface area contributed by atoms with E-state index in [1.165, 1.54) is 13.2 Å². The van der Waals surface area contributed by atoms with Crippen molar-refractivity contribution in [1.29, 1.82) is 0 Å². The molecule has 0 saturated heterocycles. The molecule has 0 bridgehead atoms. The molecule has 1 saturated carbocycles. The zero-order chi connectivity index (χ0) is 10.2. The van der Waals surface area contributed by atoms with Crippen molar-refractivity contribution in [3.05, 3.63) is 23.6 Å². The first-order chi connectivity index (χ1) is 6.65. The Bertz CT molecular complexity index is 350. The van der Waals surface area contributed by atoms with Gasteiger partial charge in [-0.3, -0.25) is 0 Å². The Morgan fingerprint density at radius 3 is 2.79 bits per heavy atom. The molecule has 0 radical (unpaired) electrons. The van der Waals surface area contributed by atoms with E-state index in [0.717, 1.165) is 12.6 Å². The van der Waals surface area contributed by atoms with Crippen LogP contribution in [0.4, 0.5) is 4.39 Å². The van der Waals surface area contributed by atoms with Crippen LogP contribution in [0.25, 0.3) is 0 Å². The van der Waals surface area contributed by atoms with Crippen molar-refractivity contribution in [1.82, 2.24) is 4.98 Å². The molecule has 0 amide bonds. The van der Waals surface area contributed by atoms with Crippen molar-refractivity contribution in [2.24, 2.45) is 0 Å². The highest BCUT2D eigenvalue weighted by molar-refractivity contribution is 5.29. The zero-order valence-electron chi connectivity index (χ0n) is 7.96. The van der Waals surface area contributed by atoms with Crippen LogP contribution >= 0.6 is 0 Å². The maximum absolute atomic E-state index is 13.3.